The molecule has 0 saturated carbocycles. The summed E-state index contributed by atoms with van der Waals surface area (Å²) in [6, 6.07) is 18.1. The van der Waals surface area contributed by atoms with Crippen LogP contribution in [0.3, 0.4) is 0 Å². The van der Waals surface area contributed by atoms with Gasteiger partial charge in [-0.1, -0.05) is 41.9 Å². The zero-order valence-electron chi connectivity index (χ0n) is 16.0. The Bertz CT molecular complexity index is 955. The third kappa shape index (κ3) is 6.59. The Morgan fingerprint density at radius 3 is 2.13 bits per heavy atom. The first-order chi connectivity index (χ1) is 14.3. The minimum Gasteiger partial charge on any atom is -0.504 e. The number of alkyl halides is 3. The van der Waals surface area contributed by atoms with Crippen molar-refractivity contribution in [2.45, 2.75) is 25.6 Å². The number of halogens is 4. The Morgan fingerprint density at radius 1 is 0.833 bits per heavy atom. The highest BCUT2D eigenvalue weighted by atomic mass is 35.5. The van der Waals surface area contributed by atoms with Crippen molar-refractivity contribution in [2.24, 2.45) is 0 Å². The largest absolute Gasteiger partial charge is 0.573 e. The number of aryl methyl sites for hydroxylation is 1. The number of ether oxygens (including phenoxy) is 2. The number of hydrogen-bond acceptors (Lipinski definition) is 3. The van der Waals surface area contributed by atoms with Gasteiger partial charge in [-0.3, -0.25) is 0 Å². The van der Waals surface area contributed by atoms with E-state index in [2.05, 4.69) is 4.74 Å². The van der Waals surface area contributed by atoms with E-state index in [1.165, 1.54) is 35.9 Å². The third-order valence-corrected chi connectivity index (χ3v) is 4.66. The van der Waals surface area contributed by atoms with Gasteiger partial charge in [-0.2, -0.15) is 0 Å². The number of phenolic OH excluding ortho intramolecular Hbond substituents is 1. The second-order valence-electron chi connectivity index (χ2n) is 6.69. The van der Waals surface area contributed by atoms with Crippen LogP contribution in [0, 0.1) is 0 Å². The molecule has 158 valence electrons. The van der Waals surface area contributed by atoms with Crippen LogP contribution < -0.4 is 9.47 Å². The molecular weight excluding hydrogens is 417 g/mol. The molecular formula is C23H20ClF3O3. The van der Waals surface area contributed by atoms with E-state index in [0.717, 1.165) is 19.3 Å². The first-order valence-electron chi connectivity index (χ1n) is 9.36. The van der Waals surface area contributed by atoms with E-state index in [1.807, 2.05) is 24.3 Å². The van der Waals surface area contributed by atoms with Crippen molar-refractivity contribution in [1.29, 1.82) is 0 Å². The van der Waals surface area contributed by atoms with Gasteiger partial charge >= 0.3 is 6.36 Å². The predicted octanol–water partition coefficient (Wildman–Crippen LogP) is 7.01. The van der Waals surface area contributed by atoms with Gasteiger partial charge < -0.3 is 14.6 Å². The van der Waals surface area contributed by atoms with Crippen LogP contribution in [0.25, 0.3) is 11.1 Å². The smallest absolute Gasteiger partial charge is 0.504 e. The van der Waals surface area contributed by atoms with Crippen molar-refractivity contribution >= 4 is 11.6 Å². The maximum atomic E-state index is 12.2. The van der Waals surface area contributed by atoms with E-state index >= 15 is 0 Å². The Labute approximate surface area is 177 Å². The van der Waals surface area contributed by atoms with Gasteiger partial charge in [-0.05, 0) is 72.4 Å². The van der Waals surface area contributed by atoms with E-state index in [4.69, 9.17) is 16.3 Å². The zero-order chi connectivity index (χ0) is 21.6. The number of benzene rings is 3. The molecule has 3 aromatic carbocycles. The average molecular weight is 437 g/mol. The van der Waals surface area contributed by atoms with E-state index in [1.54, 1.807) is 12.1 Å². The van der Waals surface area contributed by atoms with E-state index in [0.29, 0.717) is 28.5 Å². The molecule has 0 radical (unpaired) electrons. The molecule has 0 bridgehead atoms. The van der Waals surface area contributed by atoms with Gasteiger partial charge in [0.15, 0.2) is 11.5 Å². The monoisotopic (exact) mass is 436 g/mol. The maximum absolute atomic E-state index is 12.2. The lowest BCUT2D eigenvalue weighted by Gasteiger charge is -2.11. The second kappa shape index (κ2) is 9.76. The topological polar surface area (TPSA) is 38.7 Å². The maximum Gasteiger partial charge on any atom is 0.573 e. The third-order valence-electron chi connectivity index (χ3n) is 4.41. The first-order valence-corrected chi connectivity index (χ1v) is 9.74. The summed E-state index contributed by atoms with van der Waals surface area (Å²) in [5.74, 6) is 0.0390. The summed E-state index contributed by atoms with van der Waals surface area (Å²) < 4.78 is 46.2. The number of rotatable bonds is 8. The van der Waals surface area contributed by atoms with Crippen molar-refractivity contribution < 1.29 is 27.8 Å². The minimum absolute atomic E-state index is 0.0270. The fraction of sp³-hybridized carbons (Fsp3) is 0.217. The highest BCUT2D eigenvalue weighted by Gasteiger charge is 2.30. The van der Waals surface area contributed by atoms with Gasteiger partial charge in [0.1, 0.15) is 5.75 Å². The lowest BCUT2D eigenvalue weighted by atomic mass is 10.1. The summed E-state index contributed by atoms with van der Waals surface area (Å²) in [6.45, 7) is 0.462. The molecule has 0 aliphatic rings. The highest BCUT2D eigenvalue weighted by Crippen LogP contribution is 2.33. The standard InChI is InChI=1S/C23H20ClF3O3/c24-19-9-4-16(5-10-19)3-1-2-14-29-22-13-8-18(15-21(22)28)17-6-11-20(12-7-17)30-23(25,26)27/h4-13,15,28H,1-3,14H2. The lowest BCUT2D eigenvalue weighted by Crippen LogP contribution is -2.16. The van der Waals surface area contributed by atoms with E-state index in [9.17, 15) is 18.3 Å². The van der Waals surface area contributed by atoms with Crippen molar-refractivity contribution in [3.05, 3.63) is 77.3 Å². The SMILES string of the molecule is Oc1cc(-c2ccc(OC(F)(F)F)cc2)ccc1OCCCCc1ccc(Cl)cc1. The molecule has 0 aromatic heterocycles. The molecule has 0 atom stereocenters. The van der Waals surface area contributed by atoms with Crippen LogP contribution in [-0.4, -0.2) is 18.1 Å². The Kier molecular flexibility index (Phi) is 7.11. The van der Waals surface area contributed by atoms with Crippen LogP contribution in [0.15, 0.2) is 66.7 Å². The highest BCUT2D eigenvalue weighted by molar-refractivity contribution is 6.30. The molecule has 0 aliphatic heterocycles. The van der Waals surface area contributed by atoms with Gasteiger partial charge in [0.25, 0.3) is 0 Å². The molecule has 3 rings (SSSR count). The van der Waals surface area contributed by atoms with Gasteiger partial charge in [-0.15, -0.1) is 13.2 Å². The molecule has 30 heavy (non-hydrogen) atoms. The molecule has 0 spiro atoms. The molecule has 0 unspecified atom stereocenters. The lowest BCUT2D eigenvalue weighted by molar-refractivity contribution is -0.274. The van der Waals surface area contributed by atoms with Crippen LogP contribution in [-0.2, 0) is 6.42 Å². The second-order valence-corrected chi connectivity index (χ2v) is 7.12. The number of unbranched alkanes of at least 4 members (excludes halogenated alkanes) is 1. The predicted molar refractivity (Wildman–Crippen MR) is 110 cm³/mol. The molecule has 3 nitrogen and oxygen atoms in total. The molecule has 1 N–H and O–H groups in total. The Balaban J connectivity index is 1.50. The molecule has 0 amide bonds. The van der Waals surface area contributed by atoms with Crippen molar-refractivity contribution in [1.82, 2.24) is 0 Å². The van der Waals surface area contributed by atoms with Crippen LogP contribution in [0.5, 0.6) is 17.2 Å². The molecule has 3 aromatic rings. The van der Waals surface area contributed by atoms with Gasteiger partial charge in [0.2, 0.25) is 0 Å². The number of hydrogen-bond donors (Lipinski definition) is 1. The van der Waals surface area contributed by atoms with Gasteiger partial charge in [0.05, 0.1) is 6.61 Å². The van der Waals surface area contributed by atoms with Crippen molar-refractivity contribution in [3.8, 4) is 28.4 Å². The molecule has 0 saturated heterocycles. The fourth-order valence-electron chi connectivity index (χ4n) is 2.93. The number of phenols is 1. The molecule has 7 heteroatoms. The van der Waals surface area contributed by atoms with Gasteiger partial charge in [-0.25, -0.2) is 0 Å². The minimum atomic E-state index is -4.73. The summed E-state index contributed by atoms with van der Waals surface area (Å²) in [5, 5.41) is 10.9. The fourth-order valence-corrected chi connectivity index (χ4v) is 3.06. The summed E-state index contributed by atoms with van der Waals surface area (Å²) in [7, 11) is 0. The van der Waals surface area contributed by atoms with Crippen LogP contribution in [0.4, 0.5) is 13.2 Å². The molecule has 0 heterocycles. The molecule has 0 fully saturated rings. The van der Waals surface area contributed by atoms with E-state index < -0.39 is 6.36 Å². The van der Waals surface area contributed by atoms with E-state index in [-0.39, 0.29) is 11.5 Å². The normalized spacial score (nSPS) is 11.3. The van der Waals surface area contributed by atoms with Crippen LogP contribution in [0.2, 0.25) is 5.02 Å². The summed E-state index contributed by atoms with van der Waals surface area (Å²) in [5.41, 5.74) is 2.51. The van der Waals surface area contributed by atoms with Crippen molar-refractivity contribution in [2.75, 3.05) is 6.61 Å². The van der Waals surface area contributed by atoms with Crippen molar-refractivity contribution in [3.63, 3.8) is 0 Å². The zero-order valence-corrected chi connectivity index (χ0v) is 16.7. The first kappa shape index (κ1) is 21.8. The quantitative estimate of drug-likeness (QED) is 0.386. The van der Waals surface area contributed by atoms with Gasteiger partial charge in [0, 0.05) is 5.02 Å². The van der Waals surface area contributed by atoms with Crippen LogP contribution >= 0.6 is 11.6 Å². The average Bonchev–Trinajstić information content (AvgIpc) is 2.69. The number of aromatic hydroxyl groups is 1. The Hall–Kier alpha value is -2.86. The summed E-state index contributed by atoms with van der Waals surface area (Å²) >= 11 is 5.87. The molecule has 0 aliphatic carbocycles. The summed E-state index contributed by atoms with van der Waals surface area (Å²) in [6.07, 6.45) is -2.05. The van der Waals surface area contributed by atoms with Crippen LogP contribution in [0.1, 0.15) is 18.4 Å². The Morgan fingerprint density at radius 2 is 1.50 bits per heavy atom. The summed E-state index contributed by atoms with van der Waals surface area (Å²) in [4.78, 5) is 0.